The normalized spacial score (nSPS) is 10.9. The predicted octanol–water partition coefficient (Wildman–Crippen LogP) is 9.47. The smallest absolute Gasteiger partial charge is 0.270 e. The van der Waals surface area contributed by atoms with Crippen LogP contribution in [-0.4, -0.2) is 9.97 Å². The Labute approximate surface area is 236 Å². The van der Waals surface area contributed by atoms with Crippen molar-refractivity contribution in [3.8, 4) is 50.6 Å². The van der Waals surface area contributed by atoms with E-state index in [1.807, 2.05) is 54.6 Å². The Morgan fingerprint density at radius 3 is 1.59 bits per heavy atom. The lowest BCUT2D eigenvalue weighted by atomic mass is 9.96. The molecule has 0 bridgehead atoms. The standard InChI is InChI=1S/C36H20N4O/c1-38-36-21-30(13-15-40-36)26-7-3-5-24(17-26)28-9-11-35-33(20-28)32-19-27(8-10-34(32)41-35)23-4-2-6-25(16-23)29-12-14-39-31(18-29)22-37/h2-21H. The van der Waals surface area contributed by atoms with E-state index in [0.29, 0.717) is 11.5 Å². The van der Waals surface area contributed by atoms with Gasteiger partial charge >= 0.3 is 0 Å². The van der Waals surface area contributed by atoms with Crippen LogP contribution in [0.2, 0.25) is 0 Å². The molecule has 0 fully saturated rings. The molecule has 0 spiro atoms. The average Bonchev–Trinajstić information content (AvgIpc) is 3.42. The minimum Gasteiger partial charge on any atom is -0.456 e. The van der Waals surface area contributed by atoms with Crippen LogP contribution < -0.4 is 0 Å². The molecule has 5 nitrogen and oxygen atoms in total. The van der Waals surface area contributed by atoms with Gasteiger partial charge in [0.05, 0.1) is 0 Å². The van der Waals surface area contributed by atoms with Crippen LogP contribution in [0.25, 0.3) is 71.3 Å². The summed E-state index contributed by atoms with van der Waals surface area (Å²) in [6, 6.07) is 38.8. The monoisotopic (exact) mass is 524 g/mol. The van der Waals surface area contributed by atoms with Crippen molar-refractivity contribution >= 4 is 27.8 Å². The molecule has 0 unspecified atom stereocenters. The van der Waals surface area contributed by atoms with Gasteiger partial charge in [-0.2, -0.15) is 5.26 Å². The number of pyridine rings is 2. The van der Waals surface area contributed by atoms with Crippen LogP contribution in [-0.2, 0) is 0 Å². The van der Waals surface area contributed by atoms with E-state index in [1.165, 1.54) is 0 Å². The third-order valence-electron chi connectivity index (χ3n) is 7.26. The van der Waals surface area contributed by atoms with E-state index >= 15 is 0 Å². The number of furan rings is 1. The summed E-state index contributed by atoms with van der Waals surface area (Å²) in [5.41, 5.74) is 10.4. The Bertz CT molecular complexity index is 2040. The van der Waals surface area contributed by atoms with Crippen molar-refractivity contribution in [1.29, 1.82) is 5.26 Å². The van der Waals surface area contributed by atoms with Crippen molar-refractivity contribution < 1.29 is 4.42 Å². The third kappa shape index (κ3) is 4.48. The molecule has 7 aromatic rings. The quantitative estimate of drug-likeness (QED) is 0.215. The van der Waals surface area contributed by atoms with E-state index in [9.17, 15) is 5.26 Å². The average molecular weight is 525 g/mol. The van der Waals surface area contributed by atoms with Crippen LogP contribution in [0.15, 0.2) is 126 Å². The summed E-state index contributed by atoms with van der Waals surface area (Å²) in [6.45, 7) is 7.28. The Balaban J connectivity index is 1.29. The number of rotatable bonds is 4. The minimum absolute atomic E-state index is 0.383. The first-order chi connectivity index (χ1) is 20.2. The Morgan fingerprint density at radius 2 is 1.05 bits per heavy atom. The van der Waals surface area contributed by atoms with Gasteiger partial charge in [-0.05, 0) is 105 Å². The van der Waals surface area contributed by atoms with Gasteiger partial charge in [0.25, 0.3) is 5.82 Å². The molecule has 3 aromatic heterocycles. The van der Waals surface area contributed by atoms with Gasteiger partial charge in [-0.15, -0.1) is 4.98 Å². The fourth-order valence-corrected chi connectivity index (χ4v) is 5.22. The zero-order chi connectivity index (χ0) is 27.8. The molecule has 0 saturated heterocycles. The number of aromatic nitrogens is 2. The molecular formula is C36H20N4O. The zero-order valence-corrected chi connectivity index (χ0v) is 21.7. The molecule has 7 rings (SSSR count). The van der Waals surface area contributed by atoms with Crippen LogP contribution in [0.4, 0.5) is 5.82 Å². The highest BCUT2D eigenvalue weighted by Gasteiger charge is 2.12. The lowest BCUT2D eigenvalue weighted by Gasteiger charge is -2.07. The minimum atomic E-state index is 0.383. The molecule has 41 heavy (non-hydrogen) atoms. The second kappa shape index (κ2) is 9.93. The van der Waals surface area contributed by atoms with Crippen molar-refractivity contribution in [1.82, 2.24) is 9.97 Å². The lowest BCUT2D eigenvalue weighted by Crippen LogP contribution is -1.85. The zero-order valence-electron chi connectivity index (χ0n) is 21.7. The Kier molecular flexibility index (Phi) is 5.82. The number of hydrogen-bond acceptors (Lipinski definition) is 4. The van der Waals surface area contributed by atoms with E-state index in [2.05, 4.69) is 69.4 Å². The van der Waals surface area contributed by atoms with Crippen LogP contribution in [0, 0.1) is 17.9 Å². The fraction of sp³-hybridized carbons (Fsp3) is 0. The Morgan fingerprint density at radius 1 is 0.561 bits per heavy atom. The lowest BCUT2D eigenvalue weighted by molar-refractivity contribution is 0.669. The molecule has 0 aliphatic carbocycles. The van der Waals surface area contributed by atoms with Gasteiger partial charge in [-0.1, -0.05) is 55.1 Å². The summed E-state index contributed by atoms with van der Waals surface area (Å²) in [4.78, 5) is 11.7. The van der Waals surface area contributed by atoms with E-state index in [4.69, 9.17) is 11.0 Å². The summed E-state index contributed by atoms with van der Waals surface area (Å²) in [5, 5.41) is 11.3. The number of benzene rings is 4. The molecule has 5 heteroatoms. The van der Waals surface area contributed by atoms with Crippen LogP contribution in [0.3, 0.4) is 0 Å². The van der Waals surface area contributed by atoms with Gasteiger partial charge < -0.3 is 9.26 Å². The molecule has 0 N–H and O–H groups in total. The molecule has 4 aromatic carbocycles. The van der Waals surface area contributed by atoms with Crippen LogP contribution >= 0.6 is 0 Å². The molecule has 0 amide bonds. The van der Waals surface area contributed by atoms with Crippen molar-refractivity contribution in [3.05, 3.63) is 139 Å². The second-order valence-corrected chi connectivity index (χ2v) is 9.74. The van der Waals surface area contributed by atoms with Crippen LogP contribution in [0.1, 0.15) is 5.69 Å². The van der Waals surface area contributed by atoms with E-state index < -0.39 is 0 Å². The molecular weight excluding hydrogens is 504 g/mol. The molecule has 0 aliphatic rings. The van der Waals surface area contributed by atoms with Gasteiger partial charge in [0.2, 0.25) is 0 Å². The van der Waals surface area contributed by atoms with Crippen molar-refractivity contribution in [2.24, 2.45) is 0 Å². The molecule has 3 heterocycles. The second-order valence-electron chi connectivity index (χ2n) is 9.74. The maximum Gasteiger partial charge on any atom is 0.270 e. The maximum absolute atomic E-state index is 9.25. The third-order valence-corrected chi connectivity index (χ3v) is 7.26. The van der Waals surface area contributed by atoms with Gasteiger partial charge in [0.15, 0.2) is 0 Å². The number of nitrogens with zero attached hydrogens (tertiary/aromatic N) is 4. The maximum atomic E-state index is 9.25. The highest BCUT2D eigenvalue weighted by Crippen LogP contribution is 2.36. The van der Waals surface area contributed by atoms with Gasteiger partial charge in [0, 0.05) is 17.0 Å². The first kappa shape index (κ1) is 24.0. The van der Waals surface area contributed by atoms with Crippen molar-refractivity contribution in [2.75, 3.05) is 0 Å². The van der Waals surface area contributed by atoms with Crippen molar-refractivity contribution in [2.45, 2.75) is 0 Å². The number of fused-ring (bicyclic) bond motifs is 3. The summed E-state index contributed by atoms with van der Waals surface area (Å²) in [7, 11) is 0. The fourth-order valence-electron chi connectivity index (χ4n) is 5.22. The van der Waals surface area contributed by atoms with E-state index in [0.717, 1.165) is 66.4 Å². The molecule has 0 saturated carbocycles. The highest BCUT2D eigenvalue weighted by molar-refractivity contribution is 6.07. The summed E-state index contributed by atoms with van der Waals surface area (Å²) < 4.78 is 6.20. The van der Waals surface area contributed by atoms with E-state index in [-0.39, 0.29) is 0 Å². The van der Waals surface area contributed by atoms with E-state index in [1.54, 1.807) is 18.5 Å². The topological polar surface area (TPSA) is 67.1 Å². The molecule has 0 radical (unpaired) electrons. The number of hydrogen-bond donors (Lipinski definition) is 0. The SMILES string of the molecule is [C-]#[N+]c1cc(-c2cccc(-c3ccc4oc5ccc(-c6cccc(-c7ccnc(C#N)c7)c6)cc5c4c3)c2)ccn1. The first-order valence-corrected chi connectivity index (χ1v) is 13.1. The summed E-state index contributed by atoms with van der Waals surface area (Å²) in [6.07, 6.45) is 3.34. The molecule has 0 aliphatic heterocycles. The molecule has 0 atom stereocenters. The number of nitriles is 1. The predicted molar refractivity (Wildman–Crippen MR) is 162 cm³/mol. The van der Waals surface area contributed by atoms with Crippen molar-refractivity contribution in [3.63, 3.8) is 0 Å². The van der Waals surface area contributed by atoms with Gasteiger partial charge in [-0.3, -0.25) is 0 Å². The Hall–Kier alpha value is -6.04. The van der Waals surface area contributed by atoms with Crippen LogP contribution in [0.5, 0.6) is 0 Å². The first-order valence-electron chi connectivity index (χ1n) is 13.1. The molecule has 190 valence electrons. The largest absolute Gasteiger partial charge is 0.456 e. The van der Waals surface area contributed by atoms with Gasteiger partial charge in [0.1, 0.15) is 29.1 Å². The summed E-state index contributed by atoms with van der Waals surface area (Å²) in [5.74, 6) is 0.383. The summed E-state index contributed by atoms with van der Waals surface area (Å²) >= 11 is 0. The highest BCUT2D eigenvalue weighted by atomic mass is 16.3. The van der Waals surface area contributed by atoms with Gasteiger partial charge in [-0.25, -0.2) is 4.98 Å².